The molecule has 0 unspecified atom stereocenters. The largest absolute Gasteiger partial charge is 0.496 e. The van der Waals surface area contributed by atoms with Crippen molar-refractivity contribution in [3.63, 3.8) is 0 Å². The Labute approximate surface area is 199 Å². The van der Waals surface area contributed by atoms with Gasteiger partial charge in [-0.2, -0.15) is 0 Å². The van der Waals surface area contributed by atoms with Crippen molar-refractivity contribution in [1.82, 2.24) is 10.2 Å². The quantitative estimate of drug-likeness (QED) is 0.422. The molecule has 0 bridgehead atoms. The van der Waals surface area contributed by atoms with E-state index in [-0.39, 0.29) is 29.3 Å². The zero-order chi connectivity index (χ0) is 23.1. The average Bonchev–Trinajstić information content (AvgIpc) is 2.80. The van der Waals surface area contributed by atoms with Crippen molar-refractivity contribution in [3.05, 3.63) is 58.4 Å². The maximum Gasteiger partial charge on any atom is 0.255 e. The molecule has 1 saturated heterocycles. The zero-order valence-corrected chi connectivity index (χ0v) is 19.8. The normalized spacial score (nSPS) is 18.4. The Morgan fingerprint density at radius 3 is 2.64 bits per heavy atom. The summed E-state index contributed by atoms with van der Waals surface area (Å²) in [5, 5.41) is 3.39. The number of aryl methyl sites for hydroxylation is 1. The fourth-order valence-electron chi connectivity index (χ4n) is 4.06. The summed E-state index contributed by atoms with van der Waals surface area (Å²) in [7, 11) is 3.16. The van der Waals surface area contributed by atoms with Crippen LogP contribution in [0, 0.1) is 5.82 Å². The second kappa shape index (κ2) is 12.7. The minimum atomic E-state index is -0.261. The zero-order valence-electron chi connectivity index (χ0n) is 19.1. The number of unbranched alkanes of at least 4 members (excludes halogenated alkanes) is 1. The van der Waals surface area contributed by atoms with Gasteiger partial charge in [-0.25, -0.2) is 4.39 Å². The lowest BCUT2D eigenvalue weighted by Crippen LogP contribution is -2.54. The number of nitrogen functional groups attached to an aromatic ring is 1. The number of ether oxygens (including phenoxy) is 2. The van der Waals surface area contributed by atoms with E-state index in [1.807, 2.05) is 12.1 Å². The number of carbonyl (C=O) groups excluding carboxylic acids is 1. The number of nitrogens with two attached hydrogens (primary N) is 1. The fourth-order valence-corrected chi connectivity index (χ4v) is 4.23. The van der Waals surface area contributed by atoms with Crippen LogP contribution in [-0.2, 0) is 11.2 Å². The lowest BCUT2D eigenvalue weighted by Gasteiger charge is -2.38. The molecule has 1 heterocycles. The number of amides is 1. The van der Waals surface area contributed by atoms with Crippen molar-refractivity contribution < 1.29 is 24.1 Å². The minimum Gasteiger partial charge on any atom is -0.496 e. The highest BCUT2D eigenvalue weighted by Crippen LogP contribution is 2.29. The van der Waals surface area contributed by atoms with Gasteiger partial charge in [-0.1, -0.05) is 23.7 Å². The number of anilines is 1. The van der Waals surface area contributed by atoms with Crippen LogP contribution in [0.1, 0.15) is 35.2 Å². The smallest absolute Gasteiger partial charge is 0.255 e. The molecule has 1 amide bonds. The first-order chi connectivity index (χ1) is 15.4. The van der Waals surface area contributed by atoms with Gasteiger partial charge in [-0.3, -0.25) is 4.79 Å². The van der Waals surface area contributed by atoms with E-state index in [0.717, 1.165) is 50.9 Å². The maximum absolute atomic E-state index is 13.0. The van der Waals surface area contributed by atoms with E-state index in [4.69, 9.17) is 26.8 Å². The number of halogens is 2. The topological polar surface area (TPSA) is 108 Å². The Bertz CT molecular complexity index is 913. The number of likely N-dealkylation sites (tertiary alicyclic amines) is 1. The molecule has 1 fully saturated rings. The average molecular weight is 482 g/mol. The monoisotopic (exact) mass is 481 g/mol. The molecule has 5 N–H and O–H groups in total. The predicted octanol–water partition coefficient (Wildman–Crippen LogP) is 3.09. The number of nitrogens with one attached hydrogen (secondary N) is 1. The summed E-state index contributed by atoms with van der Waals surface area (Å²) < 4.78 is 24.0. The van der Waals surface area contributed by atoms with Crippen molar-refractivity contribution in [3.8, 4) is 5.75 Å². The van der Waals surface area contributed by atoms with Crippen molar-refractivity contribution in [1.29, 1.82) is 0 Å². The molecule has 0 spiro atoms. The van der Waals surface area contributed by atoms with Gasteiger partial charge in [0.25, 0.3) is 5.91 Å². The molecule has 1 aliphatic rings. The number of hydrogen-bond donors (Lipinski definition) is 2. The van der Waals surface area contributed by atoms with E-state index in [9.17, 15) is 9.18 Å². The minimum absolute atomic E-state index is 0. The van der Waals surface area contributed by atoms with Gasteiger partial charge in [-0.15, -0.1) is 0 Å². The van der Waals surface area contributed by atoms with Crippen molar-refractivity contribution >= 4 is 23.2 Å². The Morgan fingerprint density at radius 2 is 1.97 bits per heavy atom. The third kappa shape index (κ3) is 7.30. The lowest BCUT2D eigenvalue weighted by molar-refractivity contribution is 0.00601. The van der Waals surface area contributed by atoms with Crippen LogP contribution in [0.3, 0.4) is 0 Å². The Morgan fingerprint density at radius 1 is 1.24 bits per heavy atom. The van der Waals surface area contributed by atoms with Gasteiger partial charge in [0.2, 0.25) is 0 Å². The number of methoxy groups -OCH3 is 2. The van der Waals surface area contributed by atoms with Crippen LogP contribution < -0.4 is 15.8 Å². The van der Waals surface area contributed by atoms with Gasteiger partial charge in [0.15, 0.2) is 0 Å². The SMILES string of the molecule is COc1cc(N)c(Cl)cc1C(=O)N[C@@H]1CCN(CCCCc2ccc(F)cc2)C[C@@H]1OC.O. The highest BCUT2D eigenvalue weighted by molar-refractivity contribution is 6.33. The molecule has 2 aromatic carbocycles. The van der Waals surface area contributed by atoms with E-state index in [1.165, 1.54) is 25.3 Å². The van der Waals surface area contributed by atoms with E-state index in [2.05, 4.69) is 10.2 Å². The van der Waals surface area contributed by atoms with Crippen molar-refractivity contribution in [2.45, 2.75) is 37.8 Å². The first kappa shape index (κ1) is 26.9. The number of hydrogen-bond acceptors (Lipinski definition) is 5. The van der Waals surface area contributed by atoms with Crippen LogP contribution in [0.15, 0.2) is 36.4 Å². The molecule has 182 valence electrons. The van der Waals surface area contributed by atoms with Gasteiger partial charge < -0.3 is 30.9 Å². The third-order valence-corrected chi connectivity index (χ3v) is 6.26. The Kier molecular flexibility index (Phi) is 10.4. The third-order valence-electron chi connectivity index (χ3n) is 5.93. The molecule has 0 radical (unpaired) electrons. The second-order valence-electron chi connectivity index (χ2n) is 8.10. The number of carbonyl (C=O) groups is 1. The predicted molar refractivity (Wildman–Crippen MR) is 128 cm³/mol. The van der Waals surface area contributed by atoms with Gasteiger partial charge in [0, 0.05) is 26.3 Å². The van der Waals surface area contributed by atoms with Crippen molar-refractivity contribution in [2.24, 2.45) is 0 Å². The van der Waals surface area contributed by atoms with E-state index < -0.39 is 0 Å². The van der Waals surface area contributed by atoms with Crippen LogP contribution in [0.2, 0.25) is 5.02 Å². The number of rotatable bonds is 9. The molecule has 9 heteroatoms. The molecular formula is C24H33ClFN3O4. The molecule has 2 atom stereocenters. The molecule has 0 saturated carbocycles. The maximum atomic E-state index is 13.0. The number of nitrogens with zero attached hydrogens (tertiary/aromatic N) is 1. The molecule has 0 aromatic heterocycles. The summed E-state index contributed by atoms with van der Waals surface area (Å²) in [4.78, 5) is 15.2. The van der Waals surface area contributed by atoms with Gasteiger partial charge >= 0.3 is 0 Å². The summed E-state index contributed by atoms with van der Waals surface area (Å²) in [5.41, 5.74) is 7.68. The Hall–Kier alpha value is -2.39. The molecule has 2 aromatic rings. The van der Waals surface area contributed by atoms with E-state index >= 15 is 0 Å². The number of benzene rings is 2. The molecule has 0 aliphatic carbocycles. The van der Waals surface area contributed by atoms with Gasteiger partial charge in [0.05, 0.1) is 35.5 Å². The van der Waals surface area contributed by atoms with E-state index in [0.29, 0.717) is 22.0 Å². The van der Waals surface area contributed by atoms with Crippen molar-refractivity contribution in [2.75, 3.05) is 39.6 Å². The summed E-state index contributed by atoms with van der Waals surface area (Å²) >= 11 is 6.10. The highest BCUT2D eigenvalue weighted by Gasteiger charge is 2.31. The standard InChI is InChI=1S/C24H31ClFN3O3.H2O/c1-31-22-14-20(27)19(25)13-18(22)24(30)28-21-10-12-29(15-23(21)32-2)11-4-3-5-16-6-8-17(26)9-7-16;/h6-9,13-14,21,23H,3-5,10-12,15,27H2,1-2H3,(H,28,30);1H2/t21-,23+;/m1./s1. The fraction of sp³-hybridized carbons (Fsp3) is 0.458. The first-order valence-electron chi connectivity index (χ1n) is 10.8. The highest BCUT2D eigenvalue weighted by atomic mass is 35.5. The van der Waals surface area contributed by atoms with Crippen LogP contribution >= 0.6 is 11.6 Å². The summed E-state index contributed by atoms with van der Waals surface area (Å²) in [6, 6.07) is 9.67. The summed E-state index contributed by atoms with van der Waals surface area (Å²) in [6.45, 7) is 2.59. The van der Waals surface area contributed by atoms with Crippen LogP contribution in [0.4, 0.5) is 10.1 Å². The number of piperidine rings is 1. The van der Waals surface area contributed by atoms with Crippen LogP contribution in [0.25, 0.3) is 0 Å². The second-order valence-corrected chi connectivity index (χ2v) is 8.51. The summed E-state index contributed by atoms with van der Waals surface area (Å²) in [5.74, 6) is -0.0761. The Balaban J connectivity index is 0.00000385. The molecule has 7 nitrogen and oxygen atoms in total. The van der Waals surface area contributed by atoms with Crippen LogP contribution in [0.5, 0.6) is 5.75 Å². The molecule has 1 aliphatic heterocycles. The lowest BCUT2D eigenvalue weighted by atomic mass is 10.00. The van der Waals surface area contributed by atoms with Gasteiger partial charge in [0.1, 0.15) is 11.6 Å². The van der Waals surface area contributed by atoms with Gasteiger partial charge in [-0.05, 0) is 56.0 Å². The summed E-state index contributed by atoms with van der Waals surface area (Å²) in [6.07, 6.45) is 3.70. The molecule has 3 rings (SSSR count). The van der Waals surface area contributed by atoms with Crippen LogP contribution in [-0.4, -0.2) is 62.3 Å². The molecule has 33 heavy (non-hydrogen) atoms. The molecular weight excluding hydrogens is 449 g/mol. The first-order valence-corrected chi connectivity index (χ1v) is 11.2. The van der Waals surface area contributed by atoms with E-state index in [1.54, 1.807) is 13.2 Å².